The van der Waals surface area contributed by atoms with E-state index in [-0.39, 0.29) is 0 Å². The van der Waals surface area contributed by atoms with Crippen LogP contribution in [0.2, 0.25) is 14.8 Å². The van der Waals surface area contributed by atoms with E-state index in [1.165, 1.54) is 17.5 Å². The summed E-state index contributed by atoms with van der Waals surface area (Å²) in [6.45, 7) is 2.12. The Kier molecular flexibility index (Phi) is 3.73. The molecule has 1 nitrogen and oxygen atoms in total. The SMILES string of the molecule is Cc1cc2c(s1)-c1s[c]([Sn]([CH3])([CH3])[CH3])cc1P2(=O)c1ccccc1. The van der Waals surface area contributed by atoms with E-state index < -0.39 is 25.5 Å². The molecule has 1 atom stereocenters. The van der Waals surface area contributed by atoms with Crippen LogP contribution in [-0.2, 0) is 4.57 Å². The minimum absolute atomic E-state index is 0.978. The summed E-state index contributed by atoms with van der Waals surface area (Å²) in [5.74, 6) is 0. The van der Waals surface area contributed by atoms with Gasteiger partial charge in [0.25, 0.3) is 0 Å². The molecule has 1 aromatic carbocycles. The van der Waals surface area contributed by atoms with E-state index in [9.17, 15) is 4.57 Å². The molecule has 0 bridgehead atoms. The molecule has 5 heteroatoms. The van der Waals surface area contributed by atoms with Gasteiger partial charge >= 0.3 is 150 Å². The number of thiophene rings is 2. The molecule has 0 fully saturated rings. The first-order chi connectivity index (χ1) is 10.8. The van der Waals surface area contributed by atoms with E-state index in [0.29, 0.717) is 0 Å². The van der Waals surface area contributed by atoms with Crippen molar-refractivity contribution in [3.63, 3.8) is 0 Å². The van der Waals surface area contributed by atoms with Crippen LogP contribution in [0.5, 0.6) is 0 Å². The summed E-state index contributed by atoms with van der Waals surface area (Å²) in [6, 6.07) is 14.5. The Labute approximate surface area is 149 Å². The van der Waals surface area contributed by atoms with Crippen molar-refractivity contribution >= 4 is 67.0 Å². The predicted molar refractivity (Wildman–Crippen MR) is 108 cm³/mol. The molecule has 1 aliphatic rings. The van der Waals surface area contributed by atoms with Crippen LogP contribution in [0.1, 0.15) is 4.88 Å². The van der Waals surface area contributed by atoms with Crippen molar-refractivity contribution in [3.8, 4) is 9.75 Å². The van der Waals surface area contributed by atoms with Crippen molar-refractivity contribution in [3.05, 3.63) is 47.3 Å². The normalized spacial score (nSPS) is 19.7. The summed E-state index contributed by atoms with van der Waals surface area (Å²) >= 11 is 1.55. The third kappa shape index (κ3) is 2.35. The van der Waals surface area contributed by atoms with Gasteiger partial charge in [0.15, 0.2) is 0 Å². The second-order valence-corrected chi connectivity index (χ2v) is 27.5. The Hall–Kier alpha value is -0.351. The van der Waals surface area contributed by atoms with Crippen LogP contribution < -0.4 is 18.8 Å². The van der Waals surface area contributed by atoms with Crippen LogP contribution in [0.25, 0.3) is 9.75 Å². The van der Waals surface area contributed by atoms with Crippen LogP contribution in [-0.4, -0.2) is 18.4 Å². The maximum absolute atomic E-state index is 14.3. The van der Waals surface area contributed by atoms with Crippen LogP contribution in [0.4, 0.5) is 0 Å². The Balaban J connectivity index is 2.05. The summed E-state index contributed by atoms with van der Waals surface area (Å²) in [5, 5.41) is 3.16. The van der Waals surface area contributed by atoms with E-state index in [0.717, 1.165) is 15.9 Å². The molecule has 1 unspecified atom stereocenters. The molecule has 1 aliphatic heterocycles. The predicted octanol–water partition coefficient (Wildman–Crippen LogP) is 4.28. The average Bonchev–Trinajstić information content (AvgIpc) is 3.14. The van der Waals surface area contributed by atoms with E-state index in [1.54, 1.807) is 11.3 Å². The zero-order valence-electron chi connectivity index (χ0n) is 13.7. The molecule has 0 saturated carbocycles. The van der Waals surface area contributed by atoms with Crippen molar-refractivity contribution in [2.24, 2.45) is 0 Å². The monoisotopic (exact) mass is 466 g/mol. The van der Waals surface area contributed by atoms with Crippen molar-refractivity contribution in [2.45, 2.75) is 21.7 Å². The third-order valence-corrected chi connectivity index (χ3v) is 19.5. The molecule has 4 rings (SSSR count). The van der Waals surface area contributed by atoms with Crippen LogP contribution in [0.15, 0.2) is 42.5 Å². The fourth-order valence-electron chi connectivity index (χ4n) is 3.09. The number of hydrogen-bond acceptors (Lipinski definition) is 3. The zero-order chi connectivity index (χ0) is 16.4. The summed E-state index contributed by atoms with van der Waals surface area (Å²) < 4.78 is 15.8. The van der Waals surface area contributed by atoms with Gasteiger partial charge in [0.2, 0.25) is 0 Å². The Morgan fingerprint density at radius 3 is 2.17 bits per heavy atom. The molecule has 3 heterocycles. The molecule has 0 spiro atoms. The minimum atomic E-state index is -2.68. The third-order valence-electron chi connectivity index (χ3n) is 4.29. The molecule has 2 aromatic heterocycles. The molecule has 3 aromatic rings. The van der Waals surface area contributed by atoms with Crippen LogP contribution >= 0.6 is 29.8 Å². The van der Waals surface area contributed by atoms with E-state index in [1.807, 2.05) is 41.7 Å². The molecule has 0 saturated heterocycles. The quantitative estimate of drug-likeness (QED) is 0.319. The van der Waals surface area contributed by atoms with Crippen molar-refractivity contribution in [1.29, 1.82) is 0 Å². The van der Waals surface area contributed by atoms with Gasteiger partial charge in [0.1, 0.15) is 0 Å². The van der Waals surface area contributed by atoms with Gasteiger partial charge in [-0.2, -0.15) is 0 Å². The van der Waals surface area contributed by atoms with E-state index >= 15 is 0 Å². The Morgan fingerprint density at radius 2 is 1.52 bits per heavy atom. The number of rotatable bonds is 2. The fraction of sp³-hybridized carbons (Fsp3) is 0.222. The van der Waals surface area contributed by atoms with Gasteiger partial charge in [-0.1, -0.05) is 0 Å². The molecular weight excluding hydrogens is 446 g/mol. The number of benzene rings is 1. The van der Waals surface area contributed by atoms with Gasteiger partial charge in [-0.3, -0.25) is 0 Å². The number of fused-ring (bicyclic) bond motifs is 3. The van der Waals surface area contributed by atoms with Gasteiger partial charge in [-0.25, -0.2) is 0 Å². The van der Waals surface area contributed by atoms with Gasteiger partial charge in [-0.15, -0.1) is 0 Å². The fourth-order valence-corrected chi connectivity index (χ4v) is 15.0. The second kappa shape index (κ2) is 5.32. The van der Waals surface area contributed by atoms with E-state index in [4.69, 9.17) is 0 Å². The van der Waals surface area contributed by atoms with Crippen LogP contribution in [0.3, 0.4) is 0 Å². The molecule has 0 N–H and O–H groups in total. The topological polar surface area (TPSA) is 17.1 Å². The van der Waals surface area contributed by atoms with Crippen molar-refractivity contribution in [1.82, 2.24) is 0 Å². The molecular formula is C18H19OPS2Sn. The second-order valence-electron chi connectivity index (χ2n) is 7.09. The summed E-state index contributed by atoms with van der Waals surface area (Å²) in [4.78, 5) is 11.1. The van der Waals surface area contributed by atoms with E-state index in [2.05, 4.69) is 33.9 Å². The van der Waals surface area contributed by atoms with Gasteiger partial charge in [0, 0.05) is 0 Å². The van der Waals surface area contributed by atoms with Crippen molar-refractivity contribution in [2.75, 3.05) is 0 Å². The maximum atomic E-state index is 14.3. The molecule has 0 amide bonds. The molecule has 0 aliphatic carbocycles. The zero-order valence-corrected chi connectivity index (χ0v) is 19.1. The van der Waals surface area contributed by atoms with Gasteiger partial charge < -0.3 is 0 Å². The first-order valence-corrected chi connectivity index (χ1v) is 21.1. The number of aryl methyl sites for hydroxylation is 1. The molecule has 23 heavy (non-hydrogen) atoms. The Morgan fingerprint density at radius 1 is 0.913 bits per heavy atom. The summed E-state index contributed by atoms with van der Waals surface area (Å²) in [7, 11) is -2.68. The first-order valence-electron chi connectivity index (χ1n) is 7.74. The van der Waals surface area contributed by atoms with Gasteiger partial charge in [-0.05, 0) is 0 Å². The average molecular weight is 465 g/mol. The van der Waals surface area contributed by atoms with Crippen LogP contribution in [0, 0.1) is 6.92 Å². The first kappa shape index (κ1) is 16.1. The molecule has 118 valence electrons. The Bertz CT molecular complexity index is 947. The summed E-state index contributed by atoms with van der Waals surface area (Å²) in [6.07, 6.45) is 0. The standard InChI is InChI=1S/C15H10OPS2.3CH3.Sn/c1-10-9-13-15(19-10)14-12(7-8-18-14)17(13,16)11-5-3-2-4-6-11;;;;/h2-7,9H,1H3;3*1H3;. The van der Waals surface area contributed by atoms with Gasteiger partial charge in [0.05, 0.1) is 0 Å². The molecule has 0 radical (unpaired) electrons. The number of hydrogen-bond donors (Lipinski definition) is 0. The summed E-state index contributed by atoms with van der Waals surface area (Å²) in [5.41, 5.74) is 0. The van der Waals surface area contributed by atoms with Crippen molar-refractivity contribution < 1.29 is 4.57 Å².